The number of benzene rings is 1. The summed E-state index contributed by atoms with van der Waals surface area (Å²) in [4.78, 5) is 11.6. The quantitative estimate of drug-likeness (QED) is 0.749. The van der Waals surface area contributed by atoms with E-state index in [9.17, 15) is 4.79 Å². The first-order valence-electron chi connectivity index (χ1n) is 6.66. The van der Waals surface area contributed by atoms with Crippen molar-refractivity contribution < 1.29 is 9.53 Å². The number of urea groups is 1. The van der Waals surface area contributed by atoms with Crippen molar-refractivity contribution >= 4 is 6.03 Å². The maximum absolute atomic E-state index is 11.6. The number of hydrogen-bond donors (Lipinski definition) is 3. The van der Waals surface area contributed by atoms with Gasteiger partial charge in [0.15, 0.2) is 0 Å². The standard InChI is InChI=1S/C14H21N3O2/c1-19-13-6-4-11(5-7-13)9-16-14(18)17-10-12-3-2-8-15-12/h4-7,12,15H,2-3,8-10H2,1H3,(H2,16,17,18). The Morgan fingerprint density at radius 2 is 2.16 bits per heavy atom. The van der Waals surface area contributed by atoms with E-state index >= 15 is 0 Å². The Hall–Kier alpha value is -1.75. The van der Waals surface area contributed by atoms with E-state index in [0.29, 0.717) is 19.1 Å². The lowest BCUT2D eigenvalue weighted by molar-refractivity contribution is 0.239. The highest BCUT2D eigenvalue weighted by Gasteiger charge is 2.14. The van der Waals surface area contributed by atoms with Crippen molar-refractivity contribution in [2.45, 2.75) is 25.4 Å². The molecule has 3 N–H and O–H groups in total. The fourth-order valence-electron chi connectivity index (χ4n) is 2.14. The average Bonchev–Trinajstić information content (AvgIpc) is 2.96. The van der Waals surface area contributed by atoms with Gasteiger partial charge in [-0.1, -0.05) is 12.1 Å². The molecular formula is C14H21N3O2. The van der Waals surface area contributed by atoms with E-state index in [1.165, 1.54) is 6.42 Å². The molecule has 0 saturated carbocycles. The number of rotatable bonds is 5. The second-order valence-corrected chi connectivity index (χ2v) is 4.70. The Bertz CT molecular complexity index is 400. The average molecular weight is 263 g/mol. The summed E-state index contributed by atoms with van der Waals surface area (Å²) in [5.41, 5.74) is 1.05. The molecule has 1 aromatic carbocycles. The van der Waals surface area contributed by atoms with Crippen molar-refractivity contribution in [1.82, 2.24) is 16.0 Å². The van der Waals surface area contributed by atoms with Crippen LogP contribution in [-0.2, 0) is 6.54 Å². The van der Waals surface area contributed by atoms with Crippen molar-refractivity contribution in [3.05, 3.63) is 29.8 Å². The zero-order valence-electron chi connectivity index (χ0n) is 11.2. The fraction of sp³-hybridized carbons (Fsp3) is 0.500. The summed E-state index contributed by atoms with van der Waals surface area (Å²) in [5, 5.41) is 9.06. The fourth-order valence-corrected chi connectivity index (χ4v) is 2.14. The molecule has 5 heteroatoms. The highest BCUT2D eigenvalue weighted by atomic mass is 16.5. The van der Waals surface area contributed by atoms with Gasteiger partial charge in [0.05, 0.1) is 7.11 Å². The molecule has 1 aliphatic heterocycles. The third-order valence-electron chi connectivity index (χ3n) is 3.28. The number of methoxy groups -OCH3 is 1. The SMILES string of the molecule is COc1ccc(CNC(=O)NCC2CCCN2)cc1. The number of hydrogen-bond acceptors (Lipinski definition) is 3. The molecule has 0 spiro atoms. The molecule has 1 atom stereocenters. The van der Waals surface area contributed by atoms with Gasteiger partial charge in [-0.05, 0) is 37.1 Å². The van der Waals surface area contributed by atoms with Gasteiger partial charge < -0.3 is 20.7 Å². The van der Waals surface area contributed by atoms with Crippen molar-refractivity contribution in [3.63, 3.8) is 0 Å². The first-order valence-corrected chi connectivity index (χ1v) is 6.66. The van der Waals surface area contributed by atoms with E-state index in [1.54, 1.807) is 7.11 Å². The minimum atomic E-state index is -0.121. The molecule has 1 unspecified atom stereocenters. The van der Waals surface area contributed by atoms with Gasteiger partial charge in [-0.2, -0.15) is 0 Å². The zero-order valence-corrected chi connectivity index (χ0v) is 11.2. The van der Waals surface area contributed by atoms with Crippen molar-refractivity contribution in [1.29, 1.82) is 0 Å². The van der Waals surface area contributed by atoms with Crippen LogP contribution in [0.1, 0.15) is 18.4 Å². The molecule has 1 aromatic rings. The van der Waals surface area contributed by atoms with Gasteiger partial charge in [0, 0.05) is 19.1 Å². The predicted molar refractivity (Wildman–Crippen MR) is 74.3 cm³/mol. The molecule has 104 valence electrons. The van der Waals surface area contributed by atoms with Gasteiger partial charge in [-0.25, -0.2) is 4.79 Å². The van der Waals surface area contributed by atoms with Crippen LogP contribution in [0.2, 0.25) is 0 Å². The summed E-state index contributed by atoms with van der Waals surface area (Å²) in [7, 11) is 1.64. The summed E-state index contributed by atoms with van der Waals surface area (Å²) >= 11 is 0. The Balaban J connectivity index is 1.67. The third kappa shape index (κ3) is 4.44. The Labute approximate surface area is 113 Å². The monoisotopic (exact) mass is 263 g/mol. The van der Waals surface area contributed by atoms with E-state index in [4.69, 9.17) is 4.74 Å². The van der Waals surface area contributed by atoms with Gasteiger partial charge in [-0.3, -0.25) is 0 Å². The van der Waals surface area contributed by atoms with Gasteiger partial charge in [-0.15, -0.1) is 0 Å². The van der Waals surface area contributed by atoms with E-state index < -0.39 is 0 Å². The van der Waals surface area contributed by atoms with Crippen LogP contribution in [-0.4, -0.2) is 32.3 Å². The van der Waals surface area contributed by atoms with Crippen LogP contribution in [0.25, 0.3) is 0 Å². The number of ether oxygens (including phenoxy) is 1. The molecule has 1 heterocycles. The third-order valence-corrected chi connectivity index (χ3v) is 3.28. The minimum absolute atomic E-state index is 0.121. The molecular weight excluding hydrogens is 242 g/mol. The van der Waals surface area contributed by atoms with Gasteiger partial charge in [0.25, 0.3) is 0 Å². The molecule has 0 radical (unpaired) electrons. The summed E-state index contributed by atoms with van der Waals surface area (Å²) in [6.45, 7) is 2.27. The summed E-state index contributed by atoms with van der Waals surface area (Å²) in [6, 6.07) is 7.96. The summed E-state index contributed by atoms with van der Waals surface area (Å²) in [5.74, 6) is 0.820. The van der Waals surface area contributed by atoms with E-state index in [0.717, 1.165) is 24.3 Å². The topological polar surface area (TPSA) is 62.4 Å². The minimum Gasteiger partial charge on any atom is -0.497 e. The van der Waals surface area contributed by atoms with Gasteiger partial charge in [0.1, 0.15) is 5.75 Å². The molecule has 2 amide bonds. The highest BCUT2D eigenvalue weighted by molar-refractivity contribution is 5.73. The van der Waals surface area contributed by atoms with E-state index in [1.807, 2.05) is 24.3 Å². The zero-order chi connectivity index (χ0) is 13.5. The van der Waals surface area contributed by atoms with Crippen LogP contribution >= 0.6 is 0 Å². The van der Waals surface area contributed by atoms with Crippen LogP contribution in [0.15, 0.2) is 24.3 Å². The molecule has 5 nitrogen and oxygen atoms in total. The van der Waals surface area contributed by atoms with Crippen molar-refractivity contribution in [3.8, 4) is 5.75 Å². The molecule has 1 fully saturated rings. The second-order valence-electron chi connectivity index (χ2n) is 4.70. The maximum atomic E-state index is 11.6. The molecule has 2 rings (SSSR count). The van der Waals surface area contributed by atoms with Crippen molar-refractivity contribution in [2.24, 2.45) is 0 Å². The smallest absolute Gasteiger partial charge is 0.315 e. The van der Waals surface area contributed by atoms with E-state index in [-0.39, 0.29) is 6.03 Å². The van der Waals surface area contributed by atoms with Crippen LogP contribution in [0.4, 0.5) is 4.79 Å². The second kappa shape index (κ2) is 6.99. The molecule has 0 aromatic heterocycles. The van der Waals surface area contributed by atoms with Crippen LogP contribution in [0.3, 0.4) is 0 Å². The van der Waals surface area contributed by atoms with E-state index in [2.05, 4.69) is 16.0 Å². The Kier molecular flexibility index (Phi) is 5.03. The lowest BCUT2D eigenvalue weighted by Gasteiger charge is -2.12. The maximum Gasteiger partial charge on any atom is 0.315 e. The summed E-state index contributed by atoms with van der Waals surface area (Å²) in [6.07, 6.45) is 2.33. The molecule has 1 saturated heterocycles. The first-order chi connectivity index (χ1) is 9.28. The van der Waals surface area contributed by atoms with Crippen LogP contribution in [0.5, 0.6) is 5.75 Å². The number of carbonyl (C=O) groups excluding carboxylic acids is 1. The predicted octanol–water partition coefficient (Wildman–Crippen LogP) is 1.25. The van der Waals surface area contributed by atoms with Crippen LogP contribution < -0.4 is 20.7 Å². The molecule has 19 heavy (non-hydrogen) atoms. The normalized spacial score (nSPS) is 18.1. The number of nitrogens with one attached hydrogen (secondary N) is 3. The van der Waals surface area contributed by atoms with Gasteiger partial charge in [0.2, 0.25) is 0 Å². The summed E-state index contributed by atoms with van der Waals surface area (Å²) < 4.78 is 5.08. The largest absolute Gasteiger partial charge is 0.497 e. The Morgan fingerprint density at radius 1 is 1.37 bits per heavy atom. The van der Waals surface area contributed by atoms with Gasteiger partial charge >= 0.3 is 6.03 Å². The molecule has 0 bridgehead atoms. The number of amides is 2. The Morgan fingerprint density at radius 3 is 2.79 bits per heavy atom. The van der Waals surface area contributed by atoms with Crippen molar-refractivity contribution in [2.75, 3.05) is 20.2 Å². The number of carbonyl (C=O) groups is 1. The lowest BCUT2D eigenvalue weighted by atomic mass is 10.2. The van der Waals surface area contributed by atoms with Crippen LogP contribution in [0, 0.1) is 0 Å². The lowest BCUT2D eigenvalue weighted by Crippen LogP contribution is -2.42. The first kappa shape index (κ1) is 13.7. The molecule has 0 aliphatic carbocycles. The highest BCUT2D eigenvalue weighted by Crippen LogP contribution is 2.10. The molecule has 1 aliphatic rings.